The second kappa shape index (κ2) is 6.36. The van der Waals surface area contributed by atoms with Crippen molar-refractivity contribution in [2.75, 3.05) is 12.5 Å². The highest BCUT2D eigenvalue weighted by atomic mass is 35.5. The molecule has 0 bridgehead atoms. The molecule has 0 radical (unpaired) electrons. The lowest BCUT2D eigenvalue weighted by Gasteiger charge is -2.08. The number of nitrogens with zero attached hydrogens (tertiary/aromatic N) is 3. The van der Waals surface area contributed by atoms with Crippen LogP contribution >= 0.6 is 23.2 Å². The molecule has 0 unspecified atom stereocenters. The van der Waals surface area contributed by atoms with Gasteiger partial charge in [-0.1, -0.05) is 6.07 Å². The van der Waals surface area contributed by atoms with Crippen LogP contribution in [0.5, 0.6) is 5.75 Å². The number of carbonyl (C=O) groups excluding carboxylic acids is 1. The summed E-state index contributed by atoms with van der Waals surface area (Å²) in [5.41, 5.74) is 5.30. The van der Waals surface area contributed by atoms with Crippen LogP contribution in [0, 0.1) is 0 Å². The Bertz CT molecular complexity index is 618. The van der Waals surface area contributed by atoms with E-state index in [4.69, 9.17) is 27.9 Å². The van der Waals surface area contributed by atoms with Crippen molar-refractivity contribution in [3.05, 3.63) is 40.4 Å². The standard InChI is InChI=1S/C11H9Cl2N5O2/c1-20-7-4-2-3-6(5-7)8(19)17-18-11-15-9(12)14-10(13)16-11/h2-5H,1H3,(H,17,19)(H,14,15,16,18). The molecule has 0 aliphatic rings. The van der Waals surface area contributed by atoms with Crippen LogP contribution in [0.2, 0.25) is 10.6 Å². The fourth-order valence-electron chi connectivity index (χ4n) is 1.33. The average molecular weight is 314 g/mol. The number of methoxy groups -OCH3 is 1. The number of ether oxygens (including phenoxy) is 1. The molecule has 1 aromatic heterocycles. The number of aromatic nitrogens is 3. The second-order valence-corrected chi connectivity index (χ2v) is 4.18. The molecule has 7 nitrogen and oxygen atoms in total. The lowest BCUT2D eigenvalue weighted by molar-refractivity contribution is 0.0962. The molecule has 9 heteroatoms. The first-order valence-electron chi connectivity index (χ1n) is 5.36. The summed E-state index contributed by atoms with van der Waals surface area (Å²) in [5.74, 6) is 0.215. The van der Waals surface area contributed by atoms with E-state index in [1.807, 2.05) is 0 Å². The van der Waals surface area contributed by atoms with Crippen LogP contribution in [0.3, 0.4) is 0 Å². The summed E-state index contributed by atoms with van der Waals surface area (Å²) in [6, 6.07) is 6.65. The number of halogens is 2. The van der Waals surface area contributed by atoms with Crippen molar-refractivity contribution in [3.63, 3.8) is 0 Å². The summed E-state index contributed by atoms with van der Waals surface area (Å²) in [6.07, 6.45) is 0. The summed E-state index contributed by atoms with van der Waals surface area (Å²) in [5, 5.41) is -0.161. The van der Waals surface area contributed by atoms with Crippen molar-refractivity contribution < 1.29 is 9.53 Å². The number of amides is 1. The van der Waals surface area contributed by atoms with E-state index >= 15 is 0 Å². The van der Waals surface area contributed by atoms with E-state index in [-0.39, 0.29) is 16.5 Å². The largest absolute Gasteiger partial charge is 0.497 e. The third-order valence-electron chi connectivity index (χ3n) is 2.20. The highest BCUT2D eigenvalue weighted by molar-refractivity contribution is 6.31. The number of rotatable bonds is 4. The number of hydrazine groups is 1. The first kappa shape index (κ1) is 14.3. The average Bonchev–Trinajstić information content (AvgIpc) is 2.44. The summed E-state index contributed by atoms with van der Waals surface area (Å²) < 4.78 is 5.03. The molecule has 1 aromatic carbocycles. The van der Waals surface area contributed by atoms with Gasteiger partial charge in [0.1, 0.15) is 5.75 Å². The first-order valence-corrected chi connectivity index (χ1v) is 6.11. The molecule has 0 aliphatic heterocycles. The molecule has 1 heterocycles. The Labute approximate surface area is 124 Å². The maximum Gasteiger partial charge on any atom is 0.269 e. The van der Waals surface area contributed by atoms with Crippen LogP contribution in [-0.4, -0.2) is 28.0 Å². The Hall–Kier alpha value is -2.12. The van der Waals surface area contributed by atoms with E-state index in [2.05, 4.69) is 25.8 Å². The van der Waals surface area contributed by atoms with Gasteiger partial charge in [0.15, 0.2) is 0 Å². The molecule has 104 valence electrons. The molecule has 0 aliphatic carbocycles. The molecule has 0 atom stereocenters. The molecule has 20 heavy (non-hydrogen) atoms. The van der Waals surface area contributed by atoms with Gasteiger partial charge in [0, 0.05) is 5.56 Å². The summed E-state index contributed by atoms with van der Waals surface area (Å²) in [4.78, 5) is 23.0. The minimum absolute atomic E-state index is 0.0336. The van der Waals surface area contributed by atoms with E-state index in [9.17, 15) is 4.79 Å². The fraction of sp³-hybridized carbons (Fsp3) is 0.0909. The van der Waals surface area contributed by atoms with E-state index in [0.29, 0.717) is 11.3 Å². The lowest BCUT2D eigenvalue weighted by Crippen LogP contribution is -2.30. The molecule has 2 N–H and O–H groups in total. The first-order chi connectivity index (χ1) is 9.58. The predicted octanol–water partition coefficient (Wildman–Crippen LogP) is 1.94. The monoisotopic (exact) mass is 313 g/mol. The zero-order valence-corrected chi connectivity index (χ0v) is 11.7. The molecular weight excluding hydrogens is 305 g/mol. The third kappa shape index (κ3) is 3.69. The zero-order chi connectivity index (χ0) is 14.5. The van der Waals surface area contributed by atoms with Crippen molar-refractivity contribution in [2.45, 2.75) is 0 Å². The van der Waals surface area contributed by atoms with Crippen LogP contribution < -0.4 is 15.6 Å². The minimum atomic E-state index is -0.392. The Morgan fingerprint density at radius 2 is 1.90 bits per heavy atom. The van der Waals surface area contributed by atoms with Gasteiger partial charge in [0.05, 0.1) is 7.11 Å². The van der Waals surface area contributed by atoms with Crippen molar-refractivity contribution >= 4 is 35.1 Å². The van der Waals surface area contributed by atoms with Crippen molar-refractivity contribution in [1.29, 1.82) is 0 Å². The van der Waals surface area contributed by atoms with E-state index < -0.39 is 5.91 Å². The van der Waals surface area contributed by atoms with Crippen LogP contribution in [0.4, 0.5) is 5.95 Å². The zero-order valence-electron chi connectivity index (χ0n) is 10.2. The van der Waals surface area contributed by atoms with Gasteiger partial charge >= 0.3 is 0 Å². The van der Waals surface area contributed by atoms with Crippen molar-refractivity contribution in [1.82, 2.24) is 20.4 Å². The Kier molecular flexibility index (Phi) is 4.54. The molecule has 0 saturated heterocycles. The van der Waals surface area contributed by atoms with Crippen LogP contribution in [0.25, 0.3) is 0 Å². The summed E-state index contributed by atoms with van der Waals surface area (Å²) in [7, 11) is 1.52. The lowest BCUT2D eigenvalue weighted by atomic mass is 10.2. The molecule has 0 spiro atoms. The number of benzene rings is 1. The Morgan fingerprint density at radius 1 is 1.20 bits per heavy atom. The predicted molar refractivity (Wildman–Crippen MR) is 73.9 cm³/mol. The normalized spacial score (nSPS) is 9.95. The third-order valence-corrected chi connectivity index (χ3v) is 2.54. The van der Waals surface area contributed by atoms with Crippen LogP contribution in [-0.2, 0) is 0 Å². The van der Waals surface area contributed by atoms with Gasteiger partial charge in [-0.2, -0.15) is 15.0 Å². The maximum absolute atomic E-state index is 11.9. The van der Waals surface area contributed by atoms with E-state index in [0.717, 1.165) is 0 Å². The maximum atomic E-state index is 11.9. The van der Waals surface area contributed by atoms with Crippen LogP contribution in [0.15, 0.2) is 24.3 Å². The van der Waals surface area contributed by atoms with Gasteiger partial charge in [0.2, 0.25) is 16.5 Å². The van der Waals surface area contributed by atoms with E-state index in [1.165, 1.54) is 7.11 Å². The number of carbonyl (C=O) groups is 1. The van der Waals surface area contributed by atoms with Gasteiger partial charge in [-0.3, -0.25) is 15.6 Å². The molecule has 0 fully saturated rings. The molecule has 2 aromatic rings. The second-order valence-electron chi connectivity index (χ2n) is 3.51. The smallest absolute Gasteiger partial charge is 0.269 e. The molecule has 0 saturated carbocycles. The highest BCUT2D eigenvalue weighted by Gasteiger charge is 2.08. The van der Waals surface area contributed by atoms with Gasteiger partial charge in [-0.25, -0.2) is 0 Å². The summed E-state index contributed by atoms with van der Waals surface area (Å²) >= 11 is 11.2. The quantitative estimate of drug-likeness (QED) is 0.839. The number of nitrogens with one attached hydrogen (secondary N) is 2. The SMILES string of the molecule is COc1cccc(C(=O)NNc2nc(Cl)nc(Cl)n2)c1. The number of hydrogen-bond donors (Lipinski definition) is 2. The van der Waals surface area contributed by atoms with Gasteiger partial charge in [0.25, 0.3) is 5.91 Å². The number of anilines is 1. The molecule has 2 rings (SSSR count). The Morgan fingerprint density at radius 3 is 2.55 bits per heavy atom. The fourth-order valence-corrected chi connectivity index (χ4v) is 1.69. The minimum Gasteiger partial charge on any atom is -0.497 e. The van der Waals surface area contributed by atoms with Gasteiger partial charge in [-0.15, -0.1) is 0 Å². The highest BCUT2D eigenvalue weighted by Crippen LogP contribution is 2.12. The van der Waals surface area contributed by atoms with E-state index in [1.54, 1.807) is 24.3 Å². The van der Waals surface area contributed by atoms with Crippen molar-refractivity contribution in [3.8, 4) is 5.75 Å². The molecule has 1 amide bonds. The van der Waals surface area contributed by atoms with Gasteiger partial charge in [-0.05, 0) is 41.4 Å². The Balaban J connectivity index is 2.04. The topological polar surface area (TPSA) is 89.0 Å². The van der Waals surface area contributed by atoms with Gasteiger partial charge < -0.3 is 4.74 Å². The van der Waals surface area contributed by atoms with Crippen molar-refractivity contribution in [2.24, 2.45) is 0 Å². The number of hydrogen-bond acceptors (Lipinski definition) is 6. The summed E-state index contributed by atoms with van der Waals surface area (Å²) in [6.45, 7) is 0. The van der Waals surface area contributed by atoms with Crippen LogP contribution in [0.1, 0.15) is 10.4 Å². The molecular formula is C11H9Cl2N5O2.